The van der Waals surface area contributed by atoms with Crippen molar-refractivity contribution < 1.29 is 4.79 Å². The molecule has 0 unspecified atom stereocenters. The molecule has 94 valence electrons. The summed E-state index contributed by atoms with van der Waals surface area (Å²) in [5.74, 6) is -0.469. The van der Waals surface area contributed by atoms with Crippen molar-refractivity contribution in [2.45, 2.75) is 13.5 Å². The molecule has 0 radical (unpaired) electrons. The van der Waals surface area contributed by atoms with Gasteiger partial charge >= 0.3 is 0 Å². The molecular formula is C13H16N4O. The maximum atomic E-state index is 11.1. The molecule has 1 aromatic heterocycles. The second kappa shape index (κ2) is 5.01. The SMILES string of the molecule is CNCc1cc(C)ccc1-n1cc(C(N)=O)cn1. The van der Waals surface area contributed by atoms with E-state index in [0.717, 1.165) is 17.8 Å². The van der Waals surface area contributed by atoms with Gasteiger partial charge in [-0.25, -0.2) is 4.68 Å². The molecule has 18 heavy (non-hydrogen) atoms. The van der Waals surface area contributed by atoms with Crippen LogP contribution in [-0.2, 0) is 6.54 Å². The van der Waals surface area contributed by atoms with E-state index in [9.17, 15) is 4.79 Å². The minimum absolute atomic E-state index is 0.408. The Morgan fingerprint density at radius 1 is 1.50 bits per heavy atom. The normalized spacial score (nSPS) is 10.6. The lowest BCUT2D eigenvalue weighted by atomic mass is 10.1. The van der Waals surface area contributed by atoms with E-state index < -0.39 is 5.91 Å². The predicted molar refractivity (Wildman–Crippen MR) is 69.6 cm³/mol. The molecule has 0 fully saturated rings. The lowest BCUT2D eigenvalue weighted by Gasteiger charge is -2.10. The summed E-state index contributed by atoms with van der Waals surface area (Å²) < 4.78 is 1.67. The molecule has 1 amide bonds. The van der Waals surface area contributed by atoms with E-state index in [2.05, 4.69) is 16.5 Å². The van der Waals surface area contributed by atoms with Crippen LogP contribution < -0.4 is 11.1 Å². The Kier molecular flexibility index (Phi) is 3.43. The number of carbonyl (C=O) groups is 1. The van der Waals surface area contributed by atoms with Crippen molar-refractivity contribution in [3.05, 3.63) is 47.3 Å². The monoisotopic (exact) mass is 244 g/mol. The molecule has 0 aliphatic rings. The standard InChI is InChI=1S/C13H16N4O/c1-9-3-4-12(10(5-9)6-15-2)17-8-11(7-16-17)13(14)18/h3-5,7-8,15H,6H2,1-2H3,(H2,14,18). The maximum absolute atomic E-state index is 11.1. The summed E-state index contributed by atoms with van der Waals surface area (Å²) in [4.78, 5) is 11.1. The zero-order valence-electron chi connectivity index (χ0n) is 10.5. The topological polar surface area (TPSA) is 72.9 Å². The van der Waals surface area contributed by atoms with E-state index in [0.29, 0.717) is 5.56 Å². The predicted octanol–water partition coefficient (Wildman–Crippen LogP) is 0.999. The number of amides is 1. The Balaban J connectivity index is 2.45. The number of rotatable bonds is 4. The first-order chi connectivity index (χ1) is 8.61. The number of hydrogen-bond acceptors (Lipinski definition) is 3. The van der Waals surface area contributed by atoms with Crippen LogP contribution in [0.3, 0.4) is 0 Å². The van der Waals surface area contributed by atoms with Gasteiger partial charge in [0.2, 0.25) is 0 Å². The van der Waals surface area contributed by atoms with Crippen molar-refractivity contribution in [1.29, 1.82) is 0 Å². The van der Waals surface area contributed by atoms with Crippen LogP contribution in [-0.4, -0.2) is 22.7 Å². The van der Waals surface area contributed by atoms with Gasteiger partial charge in [-0.15, -0.1) is 0 Å². The summed E-state index contributed by atoms with van der Waals surface area (Å²) in [5.41, 5.74) is 8.88. The first kappa shape index (κ1) is 12.3. The molecule has 0 bridgehead atoms. The first-order valence-corrected chi connectivity index (χ1v) is 5.71. The molecule has 0 saturated heterocycles. The minimum atomic E-state index is -0.469. The van der Waals surface area contributed by atoms with Crippen LogP contribution in [0, 0.1) is 6.92 Å². The Labute approximate surface area is 106 Å². The number of nitrogens with two attached hydrogens (primary N) is 1. The number of carbonyl (C=O) groups excluding carboxylic acids is 1. The van der Waals surface area contributed by atoms with E-state index in [1.165, 1.54) is 11.8 Å². The van der Waals surface area contributed by atoms with E-state index in [4.69, 9.17) is 5.73 Å². The van der Waals surface area contributed by atoms with Crippen LogP contribution in [0.2, 0.25) is 0 Å². The van der Waals surface area contributed by atoms with Crippen LogP contribution in [0.5, 0.6) is 0 Å². The van der Waals surface area contributed by atoms with Gasteiger partial charge in [0, 0.05) is 12.7 Å². The lowest BCUT2D eigenvalue weighted by Crippen LogP contribution is -2.11. The highest BCUT2D eigenvalue weighted by molar-refractivity contribution is 5.92. The fourth-order valence-corrected chi connectivity index (χ4v) is 1.85. The summed E-state index contributed by atoms with van der Waals surface area (Å²) in [6.45, 7) is 2.78. The Bertz CT molecular complexity index is 574. The number of primary amides is 1. The first-order valence-electron chi connectivity index (χ1n) is 5.71. The molecule has 2 aromatic rings. The van der Waals surface area contributed by atoms with Crippen molar-refractivity contribution in [2.75, 3.05) is 7.05 Å². The summed E-state index contributed by atoms with van der Waals surface area (Å²) in [7, 11) is 1.89. The Morgan fingerprint density at radius 2 is 2.28 bits per heavy atom. The van der Waals surface area contributed by atoms with Gasteiger partial charge in [0.25, 0.3) is 5.91 Å². The third-order valence-electron chi connectivity index (χ3n) is 2.72. The number of benzene rings is 1. The Hall–Kier alpha value is -2.14. The Morgan fingerprint density at radius 3 is 2.89 bits per heavy atom. The van der Waals surface area contributed by atoms with E-state index in [1.54, 1.807) is 10.9 Å². The highest BCUT2D eigenvalue weighted by Crippen LogP contribution is 2.16. The molecule has 5 heteroatoms. The number of hydrogen-bond donors (Lipinski definition) is 2. The highest BCUT2D eigenvalue weighted by atomic mass is 16.1. The van der Waals surface area contributed by atoms with Gasteiger partial charge in [0.15, 0.2) is 0 Å². The van der Waals surface area contributed by atoms with Crippen LogP contribution in [0.15, 0.2) is 30.6 Å². The van der Waals surface area contributed by atoms with Gasteiger partial charge in [-0.1, -0.05) is 17.7 Å². The van der Waals surface area contributed by atoms with E-state index in [-0.39, 0.29) is 0 Å². The second-order valence-electron chi connectivity index (χ2n) is 4.20. The van der Waals surface area contributed by atoms with E-state index >= 15 is 0 Å². The summed E-state index contributed by atoms with van der Waals surface area (Å²) in [6.07, 6.45) is 3.12. The van der Waals surface area contributed by atoms with Gasteiger partial charge in [-0.3, -0.25) is 4.79 Å². The van der Waals surface area contributed by atoms with Gasteiger partial charge < -0.3 is 11.1 Å². The number of aromatic nitrogens is 2. The van der Waals surface area contributed by atoms with Gasteiger partial charge in [0.1, 0.15) is 0 Å². The fourth-order valence-electron chi connectivity index (χ4n) is 1.85. The smallest absolute Gasteiger partial charge is 0.251 e. The lowest BCUT2D eigenvalue weighted by molar-refractivity contribution is 0.100. The van der Waals surface area contributed by atoms with Crippen molar-refractivity contribution in [1.82, 2.24) is 15.1 Å². The van der Waals surface area contributed by atoms with Crippen LogP contribution in [0.25, 0.3) is 5.69 Å². The molecule has 0 saturated carbocycles. The molecule has 5 nitrogen and oxygen atoms in total. The number of aryl methyl sites for hydroxylation is 1. The molecule has 2 rings (SSSR count). The summed E-state index contributed by atoms with van der Waals surface area (Å²) in [6, 6.07) is 6.09. The van der Waals surface area contributed by atoms with Crippen LogP contribution >= 0.6 is 0 Å². The zero-order valence-corrected chi connectivity index (χ0v) is 10.5. The maximum Gasteiger partial charge on any atom is 0.251 e. The molecule has 0 spiro atoms. The van der Waals surface area contributed by atoms with Crippen molar-refractivity contribution in [2.24, 2.45) is 5.73 Å². The molecule has 1 heterocycles. The molecule has 0 aliphatic carbocycles. The van der Waals surface area contributed by atoms with Crippen LogP contribution in [0.4, 0.5) is 0 Å². The molecule has 3 N–H and O–H groups in total. The third-order valence-corrected chi connectivity index (χ3v) is 2.72. The summed E-state index contributed by atoms with van der Waals surface area (Å²) in [5, 5.41) is 7.29. The third kappa shape index (κ3) is 2.41. The van der Waals surface area contributed by atoms with Crippen molar-refractivity contribution >= 4 is 5.91 Å². The van der Waals surface area contributed by atoms with E-state index in [1.807, 2.05) is 26.1 Å². The molecule has 0 atom stereocenters. The fraction of sp³-hybridized carbons (Fsp3) is 0.231. The van der Waals surface area contributed by atoms with Crippen molar-refractivity contribution in [3.63, 3.8) is 0 Å². The quantitative estimate of drug-likeness (QED) is 0.842. The van der Waals surface area contributed by atoms with Crippen LogP contribution in [0.1, 0.15) is 21.5 Å². The average molecular weight is 244 g/mol. The average Bonchev–Trinajstić information content (AvgIpc) is 2.79. The second-order valence-corrected chi connectivity index (χ2v) is 4.20. The molecular weight excluding hydrogens is 228 g/mol. The molecule has 1 aromatic carbocycles. The number of nitrogens with zero attached hydrogens (tertiary/aromatic N) is 2. The largest absolute Gasteiger partial charge is 0.366 e. The minimum Gasteiger partial charge on any atom is -0.366 e. The summed E-state index contributed by atoms with van der Waals surface area (Å²) >= 11 is 0. The van der Waals surface area contributed by atoms with Gasteiger partial charge in [-0.05, 0) is 25.6 Å². The van der Waals surface area contributed by atoms with Gasteiger partial charge in [-0.2, -0.15) is 5.10 Å². The van der Waals surface area contributed by atoms with Crippen molar-refractivity contribution in [3.8, 4) is 5.69 Å². The molecule has 0 aliphatic heterocycles. The zero-order chi connectivity index (χ0) is 13.1. The number of nitrogens with one attached hydrogen (secondary N) is 1. The van der Waals surface area contributed by atoms with Gasteiger partial charge in [0.05, 0.1) is 17.4 Å². The highest BCUT2D eigenvalue weighted by Gasteiger charge is 2.08.